The Hall–Kier alpha value is -0.990. The summed E-state index contributed by atoms with van der Waals surface area (Å²) in [5.74, 6) is -3.40. The second-order valence-electron chi connectivity index (χ2n) is 2.81. The fraction of sp³-hybridized carbons (Fsp3) is 0.300. The van der Waals surface area contributed by atoms with Crippen LogP contribution in [-0.4, -0.2) is 0 Å². The van der Waals surface area contributed by atoms with Crippen molar-refractivity contribution in [3.63, 3.8) is 0 Å². The Balaban J connectivity index is 2.87. The van der Waals surface area contributed by atoms with Crippen LogP contribution in [0.15, 0.2) is 24.3 Å². The molecule has 1 aromatic rings. The highest BCUT2D eigenvalue weighted by Crippen LogP contribution is 2.32. The van der Waals surface area contributed by atoms with E-state index >= 15 is 0 Å². The smallest absolute Gasteiger partial charge is 0.207 e. The molecule has 0 N–H and O–H groups in total. The van der Waals surface area contributed by atoms with Crippen molar-refractivity contribution in [2.75, 3.05) is 0 Å². The molecule has 0 atom stereocenters. The summed E-state index contributed by atoms with van der Waals surface area (Å²) in [6.07, 6.45) is -0.150. The highest BCUT2D eigenvalue weighted by atomic mass is 19.3. The largest absolute Gasteiger partial charge is 0.273 e. The number of alkyl halides is 2. The molecule has 1 radical (unpaired) electrons. The van der Waals surface area contributed by atoms with Gasteiger partial charge >= 0.3 is 0 Å². The van der Waals surface area contributed by atoms with E-state index in [0.717, 1.165) is 24.3 Å². The maximum absolute atomic E-state index is 13.1. The first-order chi connectivity index (χ1) is 6.06. The molecule has 0 saturated carbocycles. The lowest BCUT2D eigenvalue weighted by Gasteiger charge is -2.15. The third-order valence-electron chi connectivity index (χ3n) is 1.76. The van der Waals surface area contributed by atoms with Gasteiger partial charge in [-0.3, -0.25) is 0 Å². The molecular formula is C10H10F3. The Labute approximate surface area is 75.4 Å². The zero-order chi connectivity index (χ0) is 9.90. The molecule has 0 fully saturated rings. The van der Waals surface area contributed by atoms with E-state index in [1.807, 2.05) is 0 Å². The highest BCUT2D eigenvalue weighted by molar-refractivity contribution is 5.20. The van der Waals surface area contributed by atoms with Crippen LogP contribution in [0.5, 0.6) is 0 Å². The molecule has 0 unspecified atom stereocenters. The van der Waals surface area contributed by atoms with Crippen LogP contribution in [0, 0.1) is 12.7 Å². The maximum Gasteiger partial charge on any atom is 0.273 e. The standard InChI is InChI=1S/C10H10F3/c1-2-7-10(12,13)8-3-5-9(11)6-4-8/h3-6H,1-2,7H2. The maximum atomic E-state index is 13.1. The Bertz CT molecular complexity index is 264. The Kier molecular flexibility index (Phi) is 2.96. The van der Waals surface area contributed by atoms with Crippen molar-refractivity contribution >= 4 is 0 Å². The van der Waals surface area contributed by atoms with Gasteiger partial charge in [0.25, 0.3) is 5.92 Å². The second kappa shape index (κ2) is 3.81. The quantitative estimate of drug-likeness (QED) is 0.679. The molecule has 0 spiro atoms. The summed E-state index contributed by atoms with van der Waals surface area (Å²) in [6.45, 7) is 3.36. The van der Waals surface area contributed by atoms with Gasteiger partial charge in [0.1, 0.15) is 5.82 Å². The molecule has 0 amide bonds. The fourth-order valence-electron chi connectivity index (χ4n) is 1.06. The molecule has 3 heteroatoms. The van der Waals surface area contributed by atoms with Gasteiger partial charge < -0.3 is 0 Å². The van der Waals surface area contributed by atoms with Crippen molar-refractivity contribution in [1.29, 1.82) is 0 Å². The Morgan fingerprint density at radius 2 is 1.69 bits per heavy atom. The molecule has 0 saturated heterocycles. The fourth-order valence-corrected chi connectivity index (χ4v) is 1.06. The van der Waals surface area contributed by atoms with Gasteiger partial charge in [0.2, 0.25) is 0 Å². The number of rotatable bonds is 3. The summed E-state index contributed by atoms with van der Waals surface area (Å²) in [5, 5.41) is 0. The summed E-state index contributed by atoms with van der Waals surface area (Å²) < 4.78 is 38.7. The highest BCUT2D eigenvalue weighted by Gasteiger charge is 2.29. The first kappa shape index (κ1) is 10.1. The van der Waals surface area contributed by atoms with Gasteiger partial charge in [-0.2, -0.15) is 0 Å². The van der Waals surface area contributed by atoms with Gasteiger partial charge in [-0.1, -0.05) is 19.1 Å². The van der Waals surface area contributed by atoms with Gasteiger partial charge in [-0.15, -0.1) is 0 Å². The van der Waals surface area contributed by atoms with Crippen molar-refractivity contribution in [2.45, 2.75) is 18.8 Å². The molecule has 0 bridgehead atoms. The summed E-state index contributed by atoms with van der Waals surface area (Å²) in [4.78, 5) is 0. The summed E-state index contributed by atoms with van der Waals surface area (Å²) in [5.41, 5.74) is -0.155. The van der Waals surface area contributed by atoms with E-state index in [4.69, 9.17) is 0 Å². The van der Waals surface area contributed by atoms with E-state index in [1.54, 1.807) is 0 Å². The third kappa shape index (κ3) is 2.47. The molecule has 13 heavy (non-hydrogen) atoms. The van der Waals surface area contributed by atoms with Crippen LogP contribution in [-0.2, 0) is 5.92 Å². The van der Waals surface area contributed by atoms with E-state index in [2.05, 4.69) is 6.92 Å². The topological polar surface area (TPSA) is 0 Å². The lowest BCUT2D eigenvalue weighted by molar-refractivity contribution is -0.0125. The van der Waals surface area contributed by atoms with Crippen LogP contribution < -0.4 is 0 Å². The van der Waals surface area contributed by atoms with E-state index in [0.29, 0.717) is 0 Å². The van der Waals surface area contributed by atoms with Crippen LogP contribution in [0.4, 0.5) is 13.2 Å². The van der Waals surface area contributed by atoms with Crippen LogP contribution in [0.2, 0.25) is 0 Å². The van der Waals surface area contributed by atoms with Crippen molar-refractivity contribution in [1.82, 2.24) is 0 Å². The van der Waals surface area contributed by atoms with Crippen LogP contribution in [0.1, 0.15) is 18.4 Å². The minimum Gasteiger partial charge on any atom is -0.207 e. The van der Waals surface area contributed by atoms with Crippen molar-refractivity contribution in [3.05, 3.63) is 42.6 Å². The van der Waals surface area contributed by atoms with Gasteiger partial charge in [0.05, 0.1) is 0 Å². The third-order valence-corrected chi connectivity index (χ3v) is 1.76. The van der Waals surface area contributed by atoms with Gasteiger partial charge in [0, 0.05) is 12.0 Å². The molecule has 1 rings (SSSR count). The van der Waals surface area contributed by atoms with Crippen LogP contribution in [0.3, 0.4) is 0 Å². The lowest BCUT2D eigenvalue weighted by atomic mass is 10.0. The van der Waals surface area contributed by atoms with Gasteiger partial charge in [-0.05, 0) is 18.6 Å². The number of benzene rings is 1. The number of halogens is 3. The Morgan fingerprint density at radius 1 is 1.15 bits per heavy atom. The molecule has 0 nitrogen and oxygen atoms in total. The second-order valence-corrected chi connectivity index (χ2v) is 2.81. The molecule has 0 aliphatic carbocycles. The monoisotopic (exact) mass is 187 g/mol. The van der Waals surface area contributed by atoms with Crippen molar-refractivity contribution in [2.24, 2.45) is 0 Å². The normalized spacial score (nSPS) is 11.7. The summed E-state index contributed by atoms with van der Waals surface area (Å²) >= 11 is 0. The average Bonchev–Trinajstić information content (AvgIpc) is 2.05. The predicted molar refractivity (Wildman–Crippen MR) is 44.9 cm³/mol. The molecule has 71 valence electrons. The summed E-state index contributed by atoms with van der Waals surface area (Å²) in [7, 11) is 0. The van der Waals surface area contributed by atoms with Crippen LogP contribution >= 0.6 is 0 Å². The summed E-state index contributed by atoms with van der Waals surface area (Å²) in [6, 6.07) is 4.27. The zero-order valence-electron chi connectivity index (χ0n) is 7.06. The first-order valence-corrected chi connectivity index (χ1v) is 3.99. The van der Waals surface area contributed by atoms with Crippen molar-refractivity contribution < 1.29 is 13.2 Å². The predicted octanol–water partition coefficient (Wildman–Crippen LogP) is 3.53. The zero-order valence-corrected chi connectivity index (χ0v) is 7.06. The van der Waals surface area contributed by atoms with E-state index < -0.39 is 11.7 Å². The minimum absolute atomic E-state index is 0.155. The first-order valence-electron chi connectivity index (χ1n) is 3.99. The lowest BCUT2D eigenvalue weighted by Crippen LogP contribution is -2.12. The molecule has 0 aliphatic rings. The molecule has 0 aromatic heterocycles. The van der Waals surface area contributed by atoms with E-state index in [1.165, 1.54) is 0 Å². The average molecular weight is 187 g/mol. The number of hydrogen-bond donors (Lipinski definition) is 0. The van der Waals surface area contributed by atoms with Gasteiger partial charge in [-0.25, -0.2) is 13.2 Å². The SMILES string of the molecule is [CH2]CCC(F)(F)c1ccc(F)cc1. The Morgan fingerprint density at radius 3 is 2.15 bits per heavy atom. The van der Waals surface area contributed by atoms with E-state index in [-0.39, 0.29) is 18.4 Å². The molecular weight excluding hydrogens is 177 g/mol. The van der Waals surface area contributed by atoms with Crippen molar-refractivity contribution in [3.8, 4) is 0 Å². The van der Waals surface area contributed by atoms with E-state index in [9.17, 15) is 13.2 Å². The minimum atomic E-state index is -2.89. The number of hydrogen-bond acceptors (Lipinski definition) is 0. The molecule has 0 heterocycles. The molecule has 1 aromatic carbocycles. The van der Waals surface area contributed by atoms with Gasteiger partial charge in [0.15, 0.2) is 0 Å². The van der Waals surface area contributed by atoms with Crippen LogP contribution in [0.25, 0.3) is 0 Å². The molecule has 0 aliphatic heterocycles.